The molecule has 1 amide bonds. The van der Waals surface area contributed by atoms with Gasteiger partial charge in [-0.1, -0.05) is 20.8 Å². The molecule has 3 heterocycles. The average Bonchev–Trinajstić information content (AvgIpc) is 3.10. The number of hydrogen-bond donors (Lipinski definition) is 1. The van der Waals surface area contributed by atoms with Gasteiger partial charge in [-0.2, -0.15) is 13.2 Å². The molecule has 3 rings (SSSR count). The number of ether oxygens (including phenoxy) is 1. The van der Waals surface area contributed by atoms with Gasteiger partial charge in [-0.15, -0.1) is 0 Å². The zero-order chi connectivity index (χ0) is 26.2. The number of amides is 1. The molecule has 0 bridgehead atoms. The van der Waals surface area contributed by atoms with Gasteiger partial charge in [0, 0.05) is 38.4 Å². The van der Waals surface area contributed by atoms with Gasteiger partial charge in [0.25, 0.3) is 5.91 Å². The number of likely N-dealkylation sites (tertiary alicyclic amines) is 1. The summed E-state index contributed by atoms with van der Waals surface area (Å²) in [6.07, 6.45) is -3.39. The molecular weight excluding hydrogens is 481 g/mol. The molecule has 0 saturated carbocycles. The Bertz CT molecular complexity index is 877. The maximum atomic E-state index is 13.1. The van der Waals surface area contributed by atoms with E-state index in [4.69, 9.17) is 9.16 Å². The Morgan fingerprint density at radius 1 is 1.17 bits per heavy atom. The number of anilines is 1. The Morgan fingerprint density at radius 2 is 1.80 bits per heavy atom. The molecule has 0 spiro atoms. The minimum absolute atomic E-state index is 0.0669. The van der Waals surface area contributed by atoms with E-state index in [0.29, 0.717) is 32.5 Å². The summed E-state index contributed by atoms with van der Waals surface area (Å²) in [7, 11) is -2.24. The van der Waals surface area contributed by atoms with Crippen molar-refractivity contribution in [3.8, 4) is 0 Å². The van der Waals surface area contributed by atoms with Gasteiger partial charge in [-0.05, 0) is 31.5 Å². The first-order chi connectivity index (χ1) is 16.1. The van der Waals surface area contributed by atoms with Crippen LogP contribution in [0.4, 0.5) is 19.1 Å². The molecule has 0 aromatic carbocycles. The predicted octanol–water partition coefficient (Wildman–Crippen LogP) is 3.46. The number of hydrogen-bond acceptors (Lipinski definition) is 7. The van der Waals surface area contributed by atoms with E-state index in [0.717, 1.165) is 12.4 Å². The number of nitrogens with zero attached hydrogens (tertiary/aromatic N) is 4. The van der Waals surface area contributed by atoms with Gasteiger partial charge in [0.15, 0.2) is 8.32 Å². The van der Waals surface area contributed by atoms with Gasteiger partial charge in [0.1, 0.15) is 6.10 Å². The highest BCUT2D eigenvalue weighted by molar-refractivity contribution is 6.74. The smallest absolute Gasteiger partial charge is 0.410 e. The Hall–Kier alpha value is -1.76. The summed E-state index contributed by atoms with van der Waals surface area (Å²) in [6.45, 7) is 13.8. The second-order valence-electron chi connectivity index (χ2n) is 11.0. The predicted molar refractivity (Wildman–Crippen MR) is 127 cm³/mol. The third-order valence-corrected chi connectivity index (χ3v) is 11.7. The summed E-state index contributed by atoms with van der Waals surface area (Å²) in [4.78, 5) is 24.7. The van der Waals surface area contributed by atoms with Crippen molar-refractivity contribution < 1.29 is 32.2 Å². The first-order valence-electron chi connectivity index (χ1n) is 12.0. The molecule has 8 nitrogen and oxygen atoms in total. The summed E-state index contributed by atoms with van der Waals surface area (Å²) >= 11 is 0. The fourth-order valence-corrected chi connectivity index (χ4v) is 5.50. The van der Waals surface area contributed by atoms with Crippen LogP contribution in [-0.4, -0.2) is 84.8 Å². The molecule has 198 valence electrons. The fraction of sp³-hybridized carbons (Fsp3) is 0.783. The third kappa shape index (κ3) is 6.52. The van der Waals surface area contributed by atoms with Crippen LogP contribution in [0.5, 0.6) is 0 Å². The van der Waals surface area contributed by atoms with E-state index in [-0.39, 0.29) is 35.6 Å². The van der Waals surface area contributed by atoms with Crippen molar-refractivity contribution in [3.05, 3.63) is 18.0 Å². The van der Waals surface area contributed by atoms with Crippen LogP contribution in [0.2, 0.25) is 18.1 Å². The van der Waals surface area contributed by atoms with Crippen LogP contribution >= 0.6 is 0 Å². The lowest BCUT2D eigenvalue weighted by Crippen LogP contribution is -2.60. The maximum Gasteiger partial charge on any atom is 0.419 e. The molecule has 0 aliphatic carbocycles. The molecule has 35 heavy (non-hydrogen) atoms. The molecule has 12 heteroatoms. The number of halogens is 3. The van der Waals surface area contributed by atoms with Crippen molar-refractivity contribution in [2.45, 2.75) is 89.2 Å². The number of carbonyl (C=O) groups is 1. The first kappa shape index (κ1) is 27.8. The topological polar surface area (TPSA) is 88.0 Å². The van der Waals surface area contributed by atoms with Crippen LogP contribution < -0.4 is 4.90 Å². The van der Waals surface area contributed by atoms with E-state index in [1.807, 2.05) is 9.80 Å². The highest BCUT2D eigenvalue weighted by Crippen LogP contribution is 2.39. The van der Waals surface area contributed by atoms with Crippen LogP contribution in [-0.2, 0) is 20.1 Å². The zero-order valence-electron chi connectivity index (χ0n) is 21.3. The van der Waals surface area contributed by atoms with Crippen molar-refractivity contribution in [3.63, 3.8) is 0 Å². The molecule has 2 aliphatic rings. The second kappa shape index (κ2) is 10.3. The van der Waals surface area contributed by atoms with Crippen LogP contribution in [0.3, 0.4) is 0 Å². The number of aromatic nitrogens is 2. The lowest BCUT2D eigenvalue weighted by Gasteiger charge is -2.47. The number of alkyl halides is 3. The summed E-state index contributed by atoms with van der Waals surface area (Å²) in [6, 6.07) is -0.192. The number of aliphatic hydroxyl groups excluding tert-OH is 1. The number of piperidine rings is 1. The average molecular weight is 519 g/mol. The van der Waals surface area contributed by atoms with Crippen molar-refractivity contribution in [2.24, 2.45) is 0 Å². The Kier molecular flexibility index (Phi) is 8.19. The third-order valence-electron chi connectivity index (χ3n) is 7.15. The largest absolute Gasteiger partial charge is 0.419 e. The van der Waals surface area contributed by atoms with Gasteiger partial charge < -0.3 is 24.1 Å². The Morgan fingerprint density at radius 3 is 2.34 bits per heavy atom. The fourth-order valence-electron chi connectivity index (χ4n) is 4.16. The summed E-state index contributed by atoms with van der Waals surface area (Å²) in [5.74, 6) is 0.102. The summed E-state index contributed by atoms with van der Waals surface area (Å²) in [5, 5.41) is 9.45. The van der Waals surface area contributed by atoms with E-state index in [1.54, 1.807) is 6.92 Å². The minimum atomic E-state index is -4.50. The lowest BCUT2D eigenvalue weighted by molar-refractivity contribution is -0.142. The summed E-state index contributed by atoms with van der Waals surface area (Å²) < 4.78 is 51.2. The monoisotopic (exact) mass is 518 g/mol. The SMILES string of the molecule is C[C@H](O)COC1CCN(C2CCN(c3ncc(C(F)(F)F)cn3)CC2O[Si](C)(C)C(C)(C)C)C1=O. The number of aliphatic hydroxyl groups is 1. The second-order valence-corrected chi connectivity index (χ2v) is 15.7. The molecule has 0 radical (unpaired) electrons. The Labute approximate surface area is 205 Å². The van der Waals surface area contributed by atoms with Gasteiger partial charge in [-0.3, -0.25) is 4.79 Å². The van der Waals surface area contributed by atoms with Crippen LogP contribution in [0.15, 0.2) is 12.4 Å². The van der Waals surface area contributed by atoms with Gasteiger partial charge in [-0.25, -0.2) is 9.97 Å². The van der Waals surface area contributed by atoms with E-state index in [2.05, 4.69) is 43.8 Å². The molecule has 2 aliphatic heterocycles. The molecule has 1 aromatic rings. The highest BCUT2D eigenvalue weighted by atomic mass is 28.4. The van der Waals surface area contributed by atoms with Crippen LogP contribution in [0, 0.1) is 0 Å². The lowest BCUT2D eigenvalue weighted by atomic mass is 10.0. The normalized spacial score (nSPS) is 25.3. The summed E-state index contributed by atoms with van der Waals surface area (Å²) in [5.41, 5.74) is -0.892. The molecular formula is C23H37F3N4O4Si. The van der Waals surface area contributed by atoms with Gasteiger partial charge in [0.05, 0.1) is 30.4 Å². The zero-order valence-corrected chi connectivity index (χ0v) is 22.3. The van der Waals surface area contributed by atoms with Crippen molar-refractivity contribution in [1.29, 1.82) is 0 Å². The molecule has 1 aromatic heterocycles. The quantitative estimate of drug-likeness (QED) is 0.553. The highest BCUT2D eigenvalue weighted by Gasteiger charge is 2.47. The van der Waals surface area contributed by atoms with Crippen molar-refractivity contribution in [2.75, 3.05) is 31.1 Å². The molecule has 4 atom stereocenters. The van der Waals surface area contributed by atoms with E-state index in [1.165, 1.54) is 0 Å². The number of rotatable bonds is 7. The molecule has 2 saturated heterocycles. The minimum Gasteiger partial charge on any atom is -0.410 e. The van der Waals surface area contributed by atoms with Crippen LogP contribution in [0.1, 0.15) is 46.1 Å². The molecule has 2 fully saturated rings. The van der Waals surface area contributed by atoms with Crippen LogP contribution in [0.25, 0.3) is 0 Å². The Balaban J connectivity index is 1.81. The van der Waals surface area contributed by atoms with E-state index >= 15 is 0 Å². The number of carbonyl (C=O) groups excluding carboxylic acids is 1. The van der Waals surface area contributed by atoms with Gasteiger partial charge >= 0.3 is 6.18 Å². The van der Waals surface area contributed by atoms with E-state index in [9.17, 15) is 23.1 Å². The van der Waals surface area contributed by atoms with E-state index < -0.39 is 32.3 Å². The molecule has 3 unspecified atom stereocenters. The molecule has 1 N–H and O–H groups in total. The first-order valence-corrected chi connectivity index (χ1v) is 14.9. The maximum absolute atomic E-state index is 13.1. The van der Waals surface area contributed by atoms with Crippen molar-refractivity contribution >= 4 is 20.2 Å². The van der Waals surface area contributed by atoms with Gasteiger partial charge in [0.2, 0.25) is 5.95 Å². The standard InChI is InChI=1S/C23H37F3N4O4Si/c1-15(31)14-33-18-8-10-30(20(18)32)17-7-9-29(13-19(17)34-35(5,6)22(2,3)4)21-27-11-16(12-28-21)23(24,25)26/h11-12,15,17-19,31H,7-10,13-14H2,1-6H3/t15-,17?,18?,19?/m0/s1. The van der Waals surface area contributed by atoms with Crippen molar-refractivity contribution in [1.82, 2.24) is 14.9 Å².